The second-order valence-electron chi connectivity index (χ2n) is 6.93. The second kappa shape index (κ2) is 8.68. The predicted molar refractivity (Wildman–Crippen MR) is 119 cm³/mol. The van der Waals surface area contributed by atoms with Crippen LogP contribution >= 0.6 is 11.3 Å². The molecule has 7 nitrogen and oxygen atoms in total. The number of esters is 1. The van der Waals surface area contributed by atoms with E-state index in [9.17, 15) is 19.5 Å². The van der Waals surface area contributed by atoms with Gasteiger partial charge in [-0.1, -0.05) is 24.3 Å². The van der Waals surface area contributed by atoms with Gasteiger partial charge in [-0.15, -0.1) is 11.3 Å². The number of carbonyl (C=O) groups is 3. The Morgan fingerprint density at radius 1 is 1.00 bits per heavy atom. The molecule has 2 heterocycles. The van der Waals surface area contributed by atoms with Crippen LogP contribution in [0.15, 0.2) is 77.4 Å². The fraction of sp³-hybridized carbons (Fsp3) is 0.125. The average Bonchev–Trinajstić information content (AvgIpc) is 3.45. The summed E-state index contributed by atoms with van der Waals surface area (Å²) in [5, 5.41) is 12.5. The van der Waals surface area contributed by atoms with E-state index in [0.717, 1.165) is 0 Å². The first kappa shape index (κ1) is 21.3. The number of Topliss-reactive ketones (excluding diaryl/α,β-unsaturated/α-hetero) is 1. The highest BCUT2D eigenvalue weighted by molar-refractivity contribution is 7.12. The van der Waals surface area contributed by atoms with Crippen molar-refractivity contribution < 1.29 is 29.0 Å². The molecule has 32 heavy (non-hydrogen) atoms. The van der Waals surface area contributed by atoms with Gasteiger partial charge in [0, 0.05) is 11.3 Å². The fourth-order valence-corrected chi connectivity index (χ4v) is 4.38. The molecular weight excluding hydrogens is 430 g/mol. The number of carbonyl (C=O) groups excluding carboxylic acids is 3. The third kappa shape index (κ3) is 3.54. The molecule has 4 rings (SSSR count). The van der Waals surface area contributed by atoms with Gasteiger partial charge in [-0.3, -0.25) is 14.5 Å². The molecule has 3 aromatic rings. The second-order valence-corrected chi connectivity index (χ2v) is 7.87. The summed E-state index contributed by atoms with van der Waals surface area (Å²) in [6.45, 7) is 0. The summed E-state index contributed by atoms with van der Waals surface area (Å²) in [7, 11) is 2.78. The number of aliphatic hydroxyl groups is 1. The molecule has 1 unspecified atom stereocenters. The van der Waals surface area contributed by atoms with Crippen LogP contribution in [0.2, 0.25) is 0 Å². The molecule has 1 aromatic heterocycles. The van der Waals surface area contributed by atoms with Gasteiger partial charge in [-0.25, -0.2) is 4.79 Å². The lowest BCUT2D eigenvalue weighted by molar-refractivity contribution is -0.117. The molecule has 1 amide bonds. The monoisotopic (exact) mass is 449 g/mol. The summed E-state index contributed by atoms with van der Waals surface area (Å²) < 4.78 is 10.2. The average molecular weight is 449 g/mol. The third-order valence-electron chi connectivity index (χ3n) is 5.20. The molecule has 1 N–H and O–H groups in total. The molecule has 0 spiro atoms. The molecule has 0 radical (unpaired) electrons. The number of anilines is 1. The highest BCUT2D eigenvalue weighted by Gasteiger charge is 2.45. The van der Waals surface area contributed by atoms with Crippen molar-refractivity contribution in [2.75, 3.05) is 19.1 Å². The van der Waals surface area contributed by atoms with Crippen molar-refractivity contribution in [1.82, 2.24) is 0 Å². The van der Waals surface area contributed by atoms with E-state index in [0.29, 0.717) is 27.4 Å². The number of hydrogen-bond acceptors (Lipinski definition) is 7. The third-order valence-corrected chi connectivity index (χ3v) is 6.07. The minimum absolute atomic E-state index is 0.0287. The predicted octanol–water partition coefficient (Wildman–Crippen LogP) is 4.33. The summed E-state index contributed by atoms with van der Waals surface area (Å²) in [5.74, 6) is -1.81. The number of ketones is 1. The van der Waals surface area contributed by atoms with E-state index in [2.05, 4.69) is 0 Å². The van der Waals surface area contributed by atoms with Crippen molar-refractivity contribution in [2.45, 2.75) is 6.04 Å². The number of nitrogens with zero attached hydrogens (tertiary/aromatic N) is 1. The van der Waals surface area contributed by atoms with E-state index in [4.69, 9.17) is 9.47 Å². The van der Waals surface area contributed by atoms with Crippen molar-refractivity contribution in [3.63, 3.8) is 0 Å². The van der Waals surface area contributed by atoms with Gasteiger partial charge in [-0.05, 0) is 41.8 Å². The Morgan fingerprint density at radius 3 is 2.34 bits per heavy atom. The van der Waals surface area contributed by atoms with Crippen LogP contribution < -0.4 is 9.64 Å². The molecule has 162 valence electrons. The van der Waals surface area contributed by atoms with Gasteiger partial charge in [0.25, 0.3) is 5.91 Å². The van der Waals surface area contributed by atoms with E-state index < -0.39 is 29.5 Å². The number of hydrogen-bond donors (Lipinski definition) is 1. The smallest absolute Gasteiger partial charge is 0.337 e. The highest BCUT2D eigenvalue weighted by atomic mass is 32.1. The van der Waals surface area contributed by atoms with Crippen molar-refractivity contribution in [1.29, 1.82) is 0 Å². The molecule has 8 heteroatoms. The number of benzene rings is 2. The highest BCUT2D eigenvalue weighted by Crippen LogP contribution is 2.44. The topological polar surface area (TPSA) is 93.1 Å². The summed E-state index contributed by atoms with van der Waals surface area (Å²) in [6, 6.07) is 15.6. The van der Waals surface area contributed by atoms with Crippen LogP contribution in [0.4, 0.5) is 5.69 Å². The number of para-hydroxylation sites is 1. The first-order chi connectivity index (χ1) is 15.5. The lowest BCUT2D eigenvalue weighted by Gasteiger charge is -2.28. The van der Waals surface area contributed by atoms with Crippen LogP contribution in [0.3, 0.4) is 0 Å². The van der Waals surface area contributed by atoms with Gasteiger partial charge < -0.3 is 14.6 Å². The summed E-state index contributed by atoms with van der Waals surface area (Å²) >= 11 is 1.23. The fourth-order valence-electron chi connectivity index (χ4n) is 3.71. The zero-order valence-electron chi connectivity index (χ0n) is 17.3. The van der Waals surface area contributed by atoms with Crippen molar-refractivity contribution >= 4 is 34.7 Å². The molecule has 0 saturated heterocycles. The Balaban J connectivity index is 1.87. The summed E-state index contributed by atoms with van der Waals surface area (Å²) in [5.41, 5.74) is 1.23. The van der Waals surface area contributed by atoms with Gasteiger partial charge in [-0.2, -0.15) is 0 Å². The number of amides is 1. The van der Waals surface area contributed by atoms with Crippen LogP contribution in [-0.2, 0) is 9.53 Å². The van der Waals surface area contributed by atoms with Crippen LogP contribution in [0, 0.1) is 0 Å². The van der Waals surface area contributed by atoms with Crippen LogP contribution in [0.25, 0.3) is 0 Å². The van der Waals surface area contributed by atoms with Crippen molar-refractivity contribution in [3.05, 3.63) is 93.4 Å². The number of methoxy groups -OCH3 is 2. The molecule has 0 saturated carbocycles. The van der Waals surface area contributed by atoms with Crippen LogP contribution in [-0.4, -0.2) is 37.0 Å². The van der Waals surface area contributed by atoms with Crippen LogP contribution in [0.5, 0.6) is 5.75 Å². The first-order valence-electron chi connectivity index (χ1n) is 9.64. The van der Waals surface area contributed by atoms with Crippen molar-refractivity contribution in [2.24, 2.45) is 0 Å². The Hall–Kier alpha value is -3.91. The van der Waals surface area contributed by atoms with E-state index in [1.807, 2.05) is 0 Å². The van der Waals surface area contributed by atoms with Gasteiger partial charge in [0.15, 0.2) is 5.76 Å². The summed E-state index contributed by atoms with van der Waals surface area (Å²) in [6.07, 6.45) is 0. The van der Waals surface area contributed by atoms with E-state index in [1.54, 1.807) is 53.9 Å². The molecule has 0 aliphatic carbocycles. The largest absolute Gasteiger partial charge is 0.503 e. The zero-order chi connectivity index (χ0) is 22.8. The Labute approximate surface area is 188 Å². The summed E-state index contributed by atoms with van der Waals surface area (Å²) in [4.78, 5) is 40.0. The van der Waals surface area contributed by atoms with Gasteiger partial charge >= 0.3 is 5.97 Å². The molecule has 1 aliphatic rings. The van der Waals surface area contributed by atoms with Gasteiger partial charge in [0.2, 0.25) is 5.78 Å². The normalized spacial score (nSPS) is 15.8. The maximum atomic E-state index is 13.3. The van der Waals surface area contributed by atoms with Crippen molar-refractivity contribution in [3.8, 4) is 5.75 Å². The van der Waals surface area contributed by atoms with E-state index in [1.165, 1.54) is 42.6 Å². The lowest BCUT2D eigenvalue weighted by Crippen LogP contribution is -2.31. The van der Waals surface area contributed by atoms with E-state index >= 15 is 0 Å². The standard InChI is InChI=1S/C24H19NO6S/c1-30-17-7-4-3-6-16(17)20-19(21(26)18-8-5-13-32-18)22(27)23(28)25(20)15-11-9-14(10-12-15)24(29)31-2/h3-13,20,27H,1-2H3. The van der Waals surface area contributed by atoms with Crippen LogP contribution in [0.1, 0.15) is 31.6 Å². The molecule has 0 bridgehead atoms. The first-order valence-corrected chi connectivity index (χ1v) is 10.5. The zero-order valence-corrected chi connectivity index (χ0v) is 18.1. The number of rotatable bonds is 6. The number of ether oxygens (including phenoxy) is 2. The maximum Gasteiger partial charge on any atom is 0.337 e. The minimum atomic E-state index is -0.919. The Morgan fingerprint density at radius 2 is 1.72 bits per heavy atom. The number of aliphatic hydroxyl groups excluding tert-OH is 1. The molecule has 0 fully saturated rings. The minimum Gasteiger partial charge on any atom is -0.503 e. The molecule has 2 aromatic carbocycles. The molecular formula is C24H19NO6S. The SMILES string of the molecule is COC(=O)c1ccc(N2C(=O)C(O)=C(C(=O)c3cccs3)C2c2ccccc2OC)cc1. The van der Waals surface area contributed by atoms with Gasteiger partial charge in [0.05, 0.1) is 36.3 Å². The maximum absolute atomic E-state index is 13.3. The molecule has 1 atom stereocenters. The Bertz CT molecular complexity index is 1210. The van der Waals surface area contributed by atoms with E-state index in [-0.39, 0.29) is 5.57 Å². The quantitative estimate of drug-likeness (QED) is 0.445. The molecule has 1 aliphatic heterocycles. The lowest BCUT2D eigenvalue weighted by atomic mass is 9.94. The number of thiophene rings is 1. The van der Waals surface area contributed by atoms with Gasteiger partial charge in [0.1, 0.15) is 5.75 Å². The Kier molecular flexibility index (Phi) is 5.79.